The predicted molar refractivity (Wildman–Crippen MR) is 121 cm³/mol. The maximum Gasteiger partial charge on any atom is 0.253 e. The minimum absolute atomic E-state index is 0.124. The van der Waals surface area contributed by atoms with Gasteiger partial charge in [-0.05, 0) is 57.8 Å². The molecule has 0 bridgehead atoms. The van der Waals surface area contributed by atoms with E-state index in [4.69, 9.17) is 26.4 Å². The summed E-state index contributed by atoms with van der Waals surface area (Å²) in [6.07, 6.45) is 1.81. The lowest BCUT2D eigenvalue weighted by Gasteiger charge is -2.26. The molecular formula is C21H30N4O4S. The Morgan fingerprint density at radius 1 is 1.20 bits per heavy atom. The van der Waals surface area contributed by atoms with Gasteiger partial charge in [-0.1, -0.05) is 0 Å². The quantitative estimate of drug-likeness (QED) is 0.434. The smallest absolute Gasteiger partial charge is 0.253 e. The first-order valence-corrected chi connectivity index (χ1v) is 10.5. The molecule has 0 spiro atoms. The maximum atomic E-state index is 12.7. The molecule has 0 aliphatic carbocycles. The maximum absolute atomic E-state index is 12.7. The van der Waals surface area contributed by atoms with Gasteiger partial charge < -0.3 is 34.3 Å². The summed E-state index contributed by atoms with van der Waals surface area (Å²) in [6.45, 7) is 3.74. The summed E-state index contributed by atoms with van der Waals surface area (Å²) < 4.78 is 16.0. The highest BCUT2D eigenvalue weighted by Gasteiger charge is 2.17. The van der Waals surface area contributed by atoms with Gasteiger partial charge in [-0.15, -0.1) is 0 Å². The summed E-state index contributed by atoms with van der Waals surface area (Å²) in [7, 11) is 5.78. The lowest BCUT2D eigenvalue weighted by Crippen LogP contribution is -2.42. The fraction of sp³-hybridized carbons (Fsp3) is 0.524. The molecule has 2 aromatic rings. The number of pyridine rings is 1. The predicted octanol–water partition coefficient (Wildman–Crippen LogP) is 1.92. The van der Waals surface area contributed by atoms with Crippen molar-refractivity contribution in [1.29, 1.82) is 0 Å². The molecule has 1 aliphatic rings. The van der Waals surface area contributed by atoms with Gasteiger partial charge in [0.25, 0.3) is 5.56 Å². The standard InChI is InChI=1S/C21H30N4O4S/c1-24(2)7-5-8-25(21(30)22-6-4-9-27-3)13-16-10-15-11-18-19(29-14-28-18)12-17(15)23-20(16)26/h10-12H,4-9,13-14H2,1-3H3,(H,22,30)(H,23,26). The second kappa shape index (κ2) is 10.6. The van der Waals surface area contributed by atoms with E-state index in [1.54, 1.807) is 13.2 Å². The number of aromatic amines is 1. The van der Waals surface area contributed by atoms with Crippen LogP contribution in [0.1, 0.15) is 18.4 Å². The van der Waals surface area contributed by atoms with Crippen molar-refractivity contribution in [1.82, 2.24) is 20.1 Å². The van der Waals surface area contributed by atoms with E-state index in [1.165, 1.54) is 0 Å². The van der Waals surface area contributed by atoms with Crippen molar-refractivity contribution in [3.63, 3.8) is 0 Å². The number of nitrogens with one attached hydrogen (secondary N) is 2. The van der Waals surface area contributed by atoms with Gasteiger partial charge in [0.2, 0.25) is 6.79 Å². The molecule has 0 atom stereocenters. The van der Waals surface area contributed by atoms with Crippen molar-refractivity contribution in [2.75, 3.05) is 54.2 Å². The van der Waals surface area contributed by atoms with Crippen molar-refractivity contribution in [2.45, 2.75) is 19.4 Å². The van der Waals surface area contributed by atoms with Gasteiger partial charge in [-0.25, -0.2) is 0 Å². The van der Waals surface area contributed by atoms with Crippen LogP contribution < -0.4 is 20.3 Å². The molecule has 8 nitrogen and oxygen atoms in total. The number of aromatic nitrogens is 1. The summed E-state index contributed by atoms with van der Waals surface area (Å²) in [6, 6.07) is 5.61. The van der Waals surface area contributed by atoms with Gasteiger partial charge in [-0.2, -0.15) is 0 Å². The summed E-state index contributed by atoms with van der Waals surface area (Å²) in [4.78, 5) is 19.9. The van der Waals surface area contributed by atoms with Gasteiger partial charge in [0, 0.05) is 43.8 Å². The zero-order chi connectivity index (χ0) is 21.5. The number of fused-ring (bicyclic) bond motifs is 2. The number of hydrogen-bond donors (Lipinski definition) is 2. The van der Waals surface area contributed by atoms with Crippen LogP contribution in [-0.2, 0) is 11.3 Å². The highest BCUT2D eigenvalue weighted by atomic mass is 32.1. The molecule has 164 valence electrons. The van der Waals surface area contributed by atoms with E-state index < -0.39 is 0 Å². The highest BCUT2D eigenvalue weighted by Crippen LogP contribution is 2.35. The Bertz CT molecular complexity index is 931. The Morgan fingerprint density at radius 2 is 1.97 bits per heavy atom. The molecule has 3 rings (SSSR count). The zero-order valence-corrected chi connectivity index (χ0v) is 18.6. The second-order valence-electron chi connectivity index (χ2n) is 7.57. The number of nitrogens with zero attached hydrogens (tertiary/aromatic N) is 2. The molecule has 0 fully saturated rings. The summed E-state index contributed by atoms with van der Waals surface area (Å²) in [5, 5.41) is 4.83. The third kappa shape index (κ3) is 5.84. The fourth-order valence-electron chi connectivity index (χ4n) is 3.32. The Hall–Kier alpha value is -2.36. The van der Waals surface area contributed by atoms with Gasteiger partial charge in [0.15, 0.2) is 16.6 Å². The molecule has 0 amide bonds. The second-order valence-corrected chi connectivity index (χ2v) is 7.96. The average Bonchev–Trinajstić information content (AvgIpc) is 3.16. The van der Waals surface area contributed by atoms with E-state index in [-0.39, 0.29) is 12.4 Å². The Morgan fingerprint density at radius 3 is 2.70 bits per heavy atom. The first kappa shape index (κ1) is 22.3. The number of benzene rings is 1. The molecular weight excluding hydrogens is 404 g/mol. The summed E-state index contributed by atoms with van der Waals surface area (Å²) in [5.41, 5.74) is 1.26. The SMILES string of the molecule is COCCCNC(=S)N(CCCN(C)C)Cc1cc2cc3c(cc2[nH]c1=O)OCO3. The van der Waals surface area contributed by atoms with Crippen LogP contribution in [-0.4, -0.2) is 74.1 Å². The van der Waals surface area contributed by atoms with E-state index in [2.05, 4.69) is 20.1 Å². The first-order chi connectivity index (χ1) is 14.5. The molecule has 1 aromatic carbocycles. The van der Waals surface area contributed by atoms with E-state index in [1.807, 2.05) is 26.2 Å². The Labute approximate surface area is 182 Å². The van der Waals surface area contributed by atoms with Crippen LogP contribution in [0.15, 0.2) is 23.0 Å². The topological polar surface area (TPSA) is 79.1 Å². The summed E-state index contributed by atoms with van der Waals surface area (Å²) in [5.74, 6) is 1.34. The number of methoxy groups -OCH3 is 1. The van der Waals surface area contributed by atoms with Crippen LogP contribution in [0.3, 0.4) is 0 Å². The molecule has 0 saturated heterocycles. The third-order valence-electron chi connectivity index (χ3n) is 4.90. The van der Waals surface area contributed by atoms with Crippen molar-refractivity contribution < 1.29 is 14.2 Å². The minimum Gasteiger partial charge on any atom is -0.454 e. The van der Waals surface area contributed by atoms with Gasteiger partial charge in [0.1, 0.15) is 0 Å². The number of rotatable bonds is 10. The Balaban J connectivity index is 1.76. The van der Waals surface area contributed by atoms with Gasteiger partial charge >= 0.3 is 0 Å². The number of ether oxygens (including phenoxy) is 3. The largest absolute Gasteiger partial charge is 0.454 e. The molecule has 0 saturated carbocycles. The zero-order valence-electron chi connectivity index (χ0n) is 17.8. The lowest BCUT2D eigenvalue weighted by molar-refractivity contribution is 0.174. The number of H-pyrrole nitrogens is 1. The normalized spacial score (nSPS) is 12.5. The third-order valence-corrected chi connectivity index (χ3v) is 5.30. The van der Waals surface area contributed by atoms with Crippen LogP contribution in [0.25, 0.3) is 10.9 Å². The molecule has 1 aliphatic heterocycles. The van der Waals surface area contributed by atoms with Crippen molar-refractivity contribution in [3.05, 3.63) is 34.1 Å². The molecule has 1 aromatic heterocycles. The van der Waals surface area contributed by atoms with Crippen LogP contribution in [0.4, 0.5) is 0 Å². The van der Waals surface area contributed by atoms with E-state index >= 15 is 0 Å². The van der Waals surface area contributed by atoms with Crippen LogP contribution in [0.5, 0.6) is 11.5 Å². The van der Waals surface area contributed by atoms with Gasteiger partial charge in [-0.3, -0.25) is 4.79 Å². The average molecular weight is 435 g/mol. The fourth-order valence-corrected chi connectivity index (χ4v) is 3.58. The molecule has 30 heavy (non-hydrogen) atoms. The lowest BCUT2D eigenvalue weighted by atomic mass is 10.1. The monoisotopic (exact) mass is 434 g/mol. The van der Waals surface area contributed by atoms with Crippen LogP contribution >= 0.6 is 12.2 Å². The van der Waals surface area contributed by atoms with E-state index in [9.17, 15) is 4.79 Å². The van der Waals surface area contributed by atoms with E-state index in [0.717, 1.165) is 43.4 Å². The van der Waals surface area contributed by atoms with Crippen LogP contribution in [0, 0.1) is 0 Å². The Kier molecular flexibility index (Phi) is 7.89. The van der Waals surface area contributed by atoms with Gasteiger partial charge in [0.05, 0.1) is 12.1 Å². The minimum atomic E-state index is -0.124. The van der Waals surface area contributed by atoms with Crippen LogP contribution in [0.2, 0.25) is 0 Å². The summed E-state index contributed by atoms with van der Waals surface area (Å²) >= 11 is 5.62. The number of thiocarbonyl (C=S) groups is 1. The van der Waals surface area contributed by atoms with E-state index in [0.29, 0.717) is 35.3 Å². The number of hydrogen-bond acceptors (Lipinski definition) is 6. The molecule has 2 heterocycles. The molecule has 9 heteroatoms. The molecule has 2 N–H and O–H groups in total. The first-order valence-electron chi connectivity index (χ1n) is 10.1. The van der Waals surface area contributed by atoms with Crippen molar-refractivity contribution >= 4 is 28.2 Å². The molecule has 0 unspecified atom stereocenters. The highest BCUT2D eigenvalue weighted by molar-refractivity contribution is 7.80. The van der Waals surface area contributed by atoms with Crippen molar-refractivity contribution in [3.8, 4) is 11.5 Å². The van der Waals surface area contributed by atoms with Crippen molar-refractivity contribution in [2.24, 2.45) is 0 Å². The molecule has 0 radical (unpaired) electrons.